The fourth-order valence-electron chi connectivity index (χ4n) is 3.14. The third-order valence-electron chi connectivity index (χ3n) is 4.50. The van der Waals surface area contributed by atoms with Gasteiger partial charge in [0.2, 0.25) is 0 Å². The Morgan fingerprint density at radius 2 is 2.16 bits per heavy atom. The highest BCUT2D eigenvalue weighted by molar-refractivity contribution is 7.10. The number of aliphatic hydroxyl groups excluding tert-OH is 1. The van der Waals surface area contributed by atoms with E-state index in [2.05, 4.69) is 5.32 Å². The molecule has 1 aliphatic rings. The van der Waals surface area contributed by atoms with Crippen molar-refractivity contribution in [2.75, 3.05) is 25.0 Å². The number of rotatable bonds is 5. The molecular weight excluding hydrogens is 336 g/mol. The van der Waals surface area contributed by atoms with E-state index < -0.39 is 6.10 Å². The molecule has 0 radical (unpaired) electrons. The van der Waals surface area contributed by atoms with E-state index in [1.165, 1.54) is 0 Å². The summed E-state index contributed by atoms with van der Waals surface area (Å²) in [6, 6.07) is 11.3. The minimum atomic E-state index is -0.423. The lowest BCUT2D eigenvalue weighted by molar-refractivity contribution is 0.0708. The fourth-order valence-corrected chi connectivity index (χ4v) is 3.95. The number of hydrogen-bond acceptors (Lipinski definition) is 4. The number of ether oxygens (including phenoxy) is 1. The number of anilines is 1. The lowest BCUT2D eigenvalue weighted by Crippen LogP contribution is -2.42. The number of thiophene rings is 1. The van der Waals surface area contributed by atoms with Crippen LogP contribution in [0, 0.1) is 5.92 Å². The monoisotopic (exact) mass is 360 g/mol. The zero-order chi connectivity index (χ0) is 17.6. The molecule has 2 aromatic rings. The molecule has 1 saturated heterocycles. The van der Waals surface area contributed by atoms with Crippen molar-refractivity contribution in [1.29, 1.82) is 0 Å². The van der Waals surface area contributed by atoms with Crippen molar-refractivity contribution < 1.29 is 14.6 Å². The van der Waals surface area contributed by atoms with Gasteiger partial charge in [-0.25, -0.2) is 4.79 Å². The van der Waals surface area contributed by atoms with Crippen LogP contribution in [-0.2, 0) is 0 Å². The highest BCUT2D eigenvalue weighted by Gasteiger charge is 2.28. The molecule has 1 aromatic carbocycles. The number of nitrogens with zero attached hydrogens (tertiary/aromatic N) is 1. The predicted molar refractivity (Wildman–Crippen MR) is 100 cm³/mol. The number of likely N-dealkylation sites (tertiary alicyclic amines) is 1. The summed E-state index contributed by atoms with van der Waals surface area (Å²) in [6.07, 6.45) is 1.20. The van der Waals surface area contributed by atoms with Gasteiger partial charge in [0, 0.05) is 29.7 Å². The highest BCUT2D eigenvalue weighted by atomic mass is 32.1. The Hall–Kier alpha value is -2.05. The van der Waals surface area contributed by atoms with E-state index in [9.17, 15) is 9.90 Å². The second-order valence-corrected chi connectivity index (χ2v) is 7.16. The van der Waals surface area contributed by atoms with Crippen LogP contribution >= 0.6 is 11.3 Å². The Bertz CT molecular complexity index is 682. The minimum absolute atomic E-state index is 0.0993. The third kappa shape index (κ3) is 4.52. The molecule has 1 aliphatic heterocycles. The van der Waals surface area contributed by atoms with Crippen LogP contribution in [0.15, 0.2) is 41.8 Å². The smallest absolute Gasteiger partial charge is 0.321 e. The van der Waals surface area contributed by atoms with Crippen molar-refractivity contribution in [3.8, 4) is 5.75 Å². The maximum Gasteiger partial charge on any atom is 0.321 e. The van der Waals surface area contributed by atoms with Gasteiger partial charge in [0.1, 0.15) is 5.75 Å². The second kappa shape index (κ2) is 8.36. The summed E-state index contributed by atoms with van der Waals surface area (Å²) in [7, 11) is 0. The summed E-state index contributed by atoms with van der Waals surface area (Å²) in [5, 5.41) is 15.4. The van der Waals surface area contributed by atoms with Crippen molar-refractivity contribution in [1.82, 2.24) is 4.90 Å². The second-order valence-electron chi connectivity index (χ2n) is 6.18. The number of amides is 2. The number of hydrogen-bond donors (Lipinski definition) is 2. The molecule has 0 spiro atoms. The van der Waals surface area contributed by atoms with Gasteiger partial charge >= 0.3 is 6.03 Å². The molecule has 0 unspecified atom stereocenters. The summed E-state index contributed by atoms with van der Waals surface area (Å²) in [5.41, 5.74) is 0.733. The van der Waals surface area contributed by atoms with Crippen molar-refractivity contribution in [2.24, 2.45) is 5.92 Å². The van der Waals surface area contributed by atoms with Gasteiger partial charge in [0.15, 0.2) is 0 Å². The van der Waals surface area contributed by atoms with Crippen LogP contribution in [0.4, 0.5) is 10.5 Å². The molecule has 2 heterocycles. The van der Waals surface area contributed by atoms with Crippen LogP contribution in [0.5, 0.6) is 5.75 Å². The summed E-state index contributed by atoms with van der Waals surface area (Å²) in [4.78, 5) is 15.3. The molecule has 0 saturated carbocycles. The Morgan fingerprint density at radius 3 is 2.84 bits per heavy atom. The van der Waals surface area contributed by atoms with E-state index in [1.54, 1.807) is 11.3 Å². The van der Waals surface area contributed by atoms with Crippen molar-refractivity contribution in [2.45, 2.75) is 25.9 Å². The van der Waals surface area contributed by atoms with Gasteiger partial charge in [-0.15, -0.1) is 11.3 Å². The molecule has 5 nitrogen and oxygen atoms in total. The van der Waals surface area contributed by atoms with Crippen molar-refractivity contribution >= 4 is 23.1 Å². The van der Waals surface area contributed by atoms with E-state index >= 15 is 0 Å². The predicted octanol–water partition coefficient (Wildman–Crippen LogP) is 4.12. The third-order valence-corrected chi connectivity index (χ3v) is 5.45. The first kappa shape index (κ1) is 17.8. The summed E-state index contributed by atoms with van der Waals surface area (Å²) in [5.74, 6) is 0.960. The number of benzene rings is 1. The standard InChI is InChI=1S/C19H24N2O3S/c1-2-24-16-6-3-5-15(13-16)20-19(23)21-10-8-14(9-11-21)18(22)17-7-4-12-25-17/h3-7,12-14,18,22H,2,8-11H2,1H3,(H,20,23)/t18-/m1/s1. The normalized spacial score (nSPS) is 16.5. The largest absolute Gasteiger partial charge is 0.494 e. The SMILES string of the molecule is CCOc1cccc(NC(=O)N2CCC([C@@H](O)c3cccs3)CC2)c1. The maximum absolute atomic E-state index is 12.5. The first-order valence-electron chi connectivity index (χ1n) is 8.67. The zero-order valence-corrected chi connectivity index (χ0v) is 15.2. The van der Waals surface area contributed by atoms with E-state index in [0.29, 0.717) is 19.7 Å². The summed E-state index contributed by atoms with van der Waals surface area (Å²) in [6.45, 7) is 3.84. The minimum Gasteiger partial charge on any atom is -0.494 e. The van der Waals surface area contributed by atoms with Gasteiger partial charge in [0.25, 0.3) is 0 Å². The van der Waals surface area contributed by atoms with Gasteiger partial charge < -0.3 is 20.1 Å². The Labute approximate surface area is 152 Å². The number of carbonyl (C=O) groups is 1. The fraction of sp³-hybridized carbons (Fsp3) is 0.421. The van der Waals surface area contributed by atoms with E-state index in [0.717, 1.165) is 29.2 Å². The van der Waals surface area contributed by atoms with Crippen LogP contribution < -0.4 is 10.1 Å². The number of piperidine rings is 1. The molecule has 25 heavy (non-hydrogen) atoms. The molecule has 2 N–H and O–H groups in total. The van der Waals surface area contributed by atoms with Gasteiger partial charge in [0.05, 0.1) is 12.7 Å². The molecule has 2 amide bonds. The average molecular weight is 360 g/mol. The number of aliphatic hydroxyl groups is 1. The van der Waals surface area contributed by atoms with Gasteiger partial charge in [-0.05, 0) is 49.3 Å². The number of carbonyl (C=O) groups excluding carboxylic acids is 1. The van der Waals surface area contributed by atoms with Crippen LogP contribution in [0.3, 0.4) is 0 Å². The molecule has 0 bridgehead atoms. The lowest BCUT2D eigenvalue weighted by Gasteiger charge is -2.34. The first-order chi connectivity index (χ1) is 12.2. The first-order valence-corrected chi connectivity index (χ1v) is 9.55. The van der Waals surface area contributed by atoms with E-state index in [-0.39, 0.29) is 11.9 Å². The van der Waals surface area contributed by atoms with Gasteiger partial charge in [-0.1, -0.05) is 12.1 Å². The van der Waals surface area contributed by atoms with Crippen LogP contribution in [0.2, 0.25) is 0 Å². The van der Waals surface area contributed by atoms with Crippen LogP contribution in [0.25, 0.3) is 0 Å². The maximum atomic E-state index is 12.5. The zero-order valence-electron chi connectivity index (χ0n) is 14.4. The molecular formula is C19H24N2O3S. The number of nitrogens with one attached hydrogen (secondary N) is 1. The van der Waals surface area contributed by atoms with E-state index in [1.807, 2.05) is 53.6 Å². The average Bonchev–Trinajstić information content (AvgIpc) is 3.16. The van der Waals surface area contributed by atoms with Crippen molar-refractivity contribution in [3.63, 3.8) is 0 Å². The quantitative estimate of drug-likeness (QED) is 0.843. The summed E-state index contributed by atoms with van der Waals surface area (Å²) >= 11 is 1.58. The van der Waals surface area contributed by atoms with Crippen molar-refractivity contribution in [3.05, 3.63) is 46.7 Å². The summed E-state index contributed by atoms with van der Waals surface area (Å²) < 4.78 is 5.46. The van der Waals surface area contributed by atoms with Crippen LogP contribution in [0.1, 0.15) is 30.7 Å². The molecule has 0 aliphatic carbocycles. The molecule has 3 rings (SSSR count). The number of urea groups is 1. The van der Waals surface area contributed by atoms with E-state index in [4.69, 9.17) is 4.74 Å². The molecule has 6 heteroatoms. The lowest BCUT2D eigenvalue weighted by atomic mass is 9.90. The highest BCUT2D eigenvalue weighted by Crippen LogP contribution is 2.33. The molecule has 1 aromatic heterocycles. The van der Waals surface area contributed by atoms with Gasteiger partial charge in [-0.2, -0.15) is 0 Å². The molecule has 1 fully saturated rings. The van der Waals surface area contributed by atoms with Gasteiger partial charge in [-0.3, -0.25) is 0 Å². The Kier molecular flexibility index (Phi) is 5.94. The van der Waals surface area contributed by atoms with Crippen LogP contribution in [-0.4, -0.2) is 35.7 Å². The molecule has 134 valence electrons. The Balaban J connectivity index is 1.52. The molecule has 1 atom stereocenters. The topological polar surface area (TPSA) is 61.8 Å². The Morgan fingerprint density at radius 1 is 1.36 bits per heavy atom.